The van der Waals surface area contributed by atoms with Gasteiger partial charge in [0, 0.05) is 25.7 Å². The quantitative estimate of drug-likeness (QED) is 0.472. The Kier molecular flexibility index (Phi) is 6.96. The lowest BCUT2D eigenvalue weighted by molar-refractivity contribution is -0.384. The Hall–Kier alpha value is -2.49. The van der Waals surface area contributed by atoms with E-state index < -0.39 is 4.92 Å². The van der Waals surface area contributed by atoms with Crippen molar-refractivity contribution in [3.63, 3.8) is 0 Å². The molecule has 4 N–H and O–H groups in total. The molecule has 1 saturated carbocycles. The first kappa shape index (κ1) is 20.2. The van der Waals surface area contributed by atoms with Crippen molar-refractivity contribution in [1.29, 1.82) is 0 Å². The lowest BCUT2D eigenvalue weighted by Crippen LogP contribution is -2.39. The molecule has 1 aromatic heterocycles. The Bertz CT molecular complexity index is 686. The van der Waals surface area contributed by atoms with Crippen molar-refractivity contribution >= 4 is 23.4 Å². The van der Waals surface area contributed by atoms with Crippen molar-refractivity contribution < 1.29 is 9.72 Å². The Morgan fingerprint density at radius 3 is 2.61 bits per heavy atom. The van der Waals surface area contributed by atoms with Gasteiger partial charge in [-0.15, -0.1) is 0 Å². The van der Waals surface area contributed by atoms with Crippen molar-refractivity contribution in [3.05, 3.63) is 16.3 Å². The molecule has 0 bridgehead atoms. The summed E-state index contributed by atoms with van der Waals surface area (Å²) >= 11 is 0. The van der Waals surface area contributed by atoms with E-state index in [4.69, 9.17) is 5.73 Å². The second kappa shape index (κ2) is 9.63. The minimum atomic E-state index is -0.498. The molecule has 0 atom stereocenters. The number of nitrogens with two attached hydrogens (primary N) is 1. The van der Waals surface area contributed by atoms with Gasteiger partial charge in [0.05, 0.1) is 11.5 Å². The van der Waals surface area contributed by atoms with Crippen LogP contribution in [-0.2, 0) is 4.79 Å². The van der Waals surface area contributed by atoms with Crippen molar-refractivity contribution in [3.8, 4) is 0 Å². The maximum atomic E-state index is 12.3. The molecule has 1 saturated heterocycles. The smallest absolute Gasteiger partial charge is 0.329 e. The maximum Gasteiger partial charge on any atom is 0.329 e. The third-order valence-corrected chi connectivity index (χ3v) is 5.52. The average Bonchev–Trinajstić information content (AvgIpc) is 2.72. The molecule has 0 unspecified atom stereocenters. The monoisotopic (exact) mass is 391 g/mol. The number of carbonyl (C=O) groups excluding carboxylic acids is 1. The lowest BCUT2D eigenvalue weighted by Gasteiger charge is -2.27. The summed E-state index contributed by atoms with van der Waals surface area (Å²) in [5.41, 5.74) is 5.76. The molecule has 1 amide bonds. The van der Waals surface area contributed by atoms with Crippen LogP contribution in [0.2, 0.25) is 0 Å². The van der Waals surface area contributed by atoms with Gasteiger partial charge in [0.15, 0.2) is 0 Å². The Balaban J connectivity index is 1.58. The van der Waals surface area contributed by atoms with E-state index in [9.17, 15) is 14.9 Å². The molecule has 2 heterocycles. The number of hydrogen-bond donors (Lipinski definition) is 3. The summed E-state index contributed by atoms with van der Waals surface area (Å²) < 4.78 is 0. The second-order valence-corrected chi connectivity index (χ2v) is 7.64. The molecule has 3 rings (SSSR count). The van der Waals surface area contributed by atoms with Gasteiger partial charge in [-0.1, -0.05) is 0 Å². The second-order valence-electron chi connectivity index (χ2n) is 7.64. The van der Waals surface area contributed by atoms with Gasteiger partial charge < -0.3 is 21.3 Å². The molecule has 1 aliphatic heterocycles. The molecule has 10 heteroatoms. The molecular weight excluding hydrogens is 362 g/mol. The van der Waals surface area contributed by atoms with Gasteiger partial charge in [0.1, 0.15) is 6.20 Å². The number of amides is 1. The maximum absolute atomic E-state index is 12.3. The average molecular weight is 391 g/mol. The highest BCUT2D eigenvalue weighted by molar-refractivity contribution is 5.80. The van der Waals surface area contributed by atoms with Crippen LogP contribution in [0.4, 0.5) is 17.5 Å². The molecule has 10 nitrogen and oxygen atoms in total. The predicted octanol–water partition coefficient (Wildman–Crippen LogP) is 1.74. The number of piperidine rings is 1. The SMILES string of the molecule is NC1CCC(CNc2nc(NCC(=O)N3CCCCC3)ncc2[N+](=O)[O-])CC1. The van der Waals surface area contributed by atoms with E-state index in [1.165, 1.54) is 6.20 Å². The van der Waals surface area contributed by atoms with Crippen molar-refractivity contribution in [2.75, 3.05) is 36.8 Å². The Labute approximate surface area is 164 Å². The third-order valence-electron chi connectivity index (χ3n) is 5.52. The van der Waals surface area contributed by atoms with Crippen molar-refractivity contribution in [1.82, 2.24) is 14.9 Å². The van der Waals surface area contributed by atoms with Crippen LogP contribution in [-0.4, -0.2) is 57.9 Å². The number of nitrogens with zero attached hydrogens (tertiary/aromatic N) is 4. The van der Waals surface area contributed by atoms with E-state index in [0.717, 1.165) is 58.0 Å². The van der Waals surface area contributed by atoms with Gasteiger partial charge in [0.2, 0.25) is 17.7 Å². The number of anilines is 2. The molecule has 1 aliphatic carbocycles. The third kappa shape index (κ3) is 5.51. The van der Waals surface area contributed by atoms with Gasteiger partial charge in [-0.3, -0.25) is 14.9 Å². The summed E-state index contributed by atoms with van der Waals surface area (Å²) in [5, 5.41) is 17.3. The fraction of sp³-hybridized carbons (Fsp3) is 0.722. The number of carbonyl (C=O) groups is 1. The highest BCUT2D eigenvalue weighted by atomic mass is 16.6. The van der Waals surface area contributed by atoms with Gasteiger partial charge >= 0.3 is 5.69 Å². The molecule has 2 fully saturated rings. The fourth-order valence-corrected chi connectivity index (χ4v) is 3.77. The van der Waals surface area contributed by atoms with E-state index in [2.05, 4.69) is 20.6 Å². The van der Waals surface area contributed by atoms with E-state index >= 15 is 0 Å². The first-order valence-electron chi connectivity index (χ1n) is 10.1. The molecule has 2 aliphatic rings. The van der Waals surface area contributed by atoms with Crippen molar-refractivity contribution in [2.24, 2.45) is 11.7 Å². The van der Waals surface area contributed by atoms with Crippen LogP contribution in [0.3, 0.4) is 0 Å². The van der Waals surface area contributed by atoms with Crippen LogP contribution in [0.25, 0.3) is 0 Å². The number of nitrogens with one attached hydrogen (secondary N) is 2. The van der Waals surface area contributed by atoms with Gasteiger partial charge in [0.25, 0.3) is 0 Å². The van der Waals surface area contributed by atoms with E-state index in [-0.39, 0.29) is 35.9 Å². The zero-order chi connectivity index (χ0) is 19.9. The molecular formula is C18H29N7O3. The molecule has 0 radical (unpaired) electrons. The predicted molar refractivity (Wildman–Crippen MR) is 106 cm³/mol. The minimum absolute atomic E-state index is 0.00490. The number of likely N-dealkylation sites (tertiary alicyclic amines) is 1. The van der Waals surface area contributed by atoms with Gasteiger partial charge in [-0.25, -0.2) is 4.98 Å². The standard InChI is InChI=1S/C18H29N7O3/c19-14-6-4-13(5-7-14)10-20-17-15(25(27)28)11-21-18(23-17)22-12-16(26)24-8-2-1-3-9-24/h11,13-14H,1-10,12,19H2,(H2,20,21,22,23). The lowest BCUT2D eigenvalue weighted by atomic mass is 9.86. The Morgan fingerprint density at radius 1 is 1.21 bits per heavy atom. The molecule has 0 aromatic carbocycles. The fourth-order valence-electron chi connectivity index (χ4n) is 3.77. The van der Waals surface area contributed by atoms with E-state index in [1.54, 1.807) is 0 Å². The molecule has 28 heavy (non-hydrogen) atoms. The van der Waals surface area contributed by atoms with Crippen LogP contribution >= 0.6 is 0 Å². The molecule has 1 aromatic rings. The molecule has 154 valence electrons. The molecule has 0 spiro atoms. The first-order chi connectivity index (χ1) is 13.5. The van der Waals surface area contributed by atoms with Crippen molar-refractivity contribution in [2.45, 2.75) is 51.0 Å². The largest absolute Gasteiger partial charge is 0.364 e. The summed E-state index contributed by atoms with van der Waals surface area (Å²) in [6.07, 6.45) is 8.35. The minimum Gasteiger partial charge on any atom is -0.364 e. The highest BCUT2D eigenvalue weighted by Gasteiger charge is 2.22. The summed E-state index contributed by atoms with van der Waals surface area (Å²) in [5.74, 6) is 0.813. The van der Waals surface area contributed by atoms with Crippen LogP contribution < -0.4 is 16.4 Å². The summed E-state index contributed by atoms with van der Waals surface area (Å²) in [6, 6.07) is 0.262. The highest BCUT2D eigenvalue weighted by Crippen LogP contribution is 2.26. The van der Waals surface area contributed by atoms with Crippen LogP contribution in [0.1, 0.15) is 44.9 Å². The number of aromatic nitrogens is 2. The van der Waals surface area contributed by atoms with Crippen LogP contribution in [0, 0.1) is 16.0 Å². The Morgan fingerprint density at radius 2 is 1.93 bits per heavy atom. The topological polar surface area (TPSA) is 139 Å². The summed E-state index contributed by atoms with van der Waals surface area (Å²) in [6.45, 7) is 2.24. The van der Waals surface area contributed by atoms with Gasteiger partial charge in [-0.05, 0) is 50.9 Å². The van der Waals surface area contributed by atoms with E-state index in [1.807, 2.05) is 4.90 Å². The van der Waals surface area contributed by atoms with Crippen LogP contribution in [0.15, 0.2) is 6.20 Å². The summed E-state index contributed by atoms with van der Waals surface area (Å²) in [4.78, 5) is 33.1. The van der Waals surface area contributed by atoms with E-state index in [0.29, 0.717) is 12.5 Å². The number of hydrogen-bond acceptors (Lipinski definition) is 8. The first-order valence-corrected chi connectivity index (χ1v) is 10.1. The number of nitro groups is 1. The zero-order valence-corrected chi connectivity index (χ0v) is 16.1. The number of rotatable bonds is 7. The van der Waals surface area contributed by atoms with Crippen LogP contribution in [0.5, 0.6) is 0 Å². The zero-order valence-electron chi connectivity index (χ0n) is 16.1. The summed E-state index contributed by atoms with van der Waals surface area (Å²) in [7, 11) is 0. The van der Waals surface area contributed by atoms with Gasteiger partial charge in [-0.2, -0.15) is 4.98 Å². The normalized spacial score (nSPS) is 22.5.